The van der Waals surface area contributed by atoms with E-state index in [1.54, 1.807) is 6.92 Å². The number of aryl methyl sites for hydroxylation is 1. The third-order valence-corrected chi connectivity index (χ3v) is 4.10. The fourth-order valence-electron chi connectivity index (χ4n) is 3.05. The van der Waals surface area contributed by atoms with Gasteiger partial charge in [-0.25, -0.2) is 9.78 Å². The van der Waals surface area contributed by atoms with Crippen molar-refractivity contribution in [2.45, 2.75) is 33.1 Å². The molecule has 1 fully saturated rings. The maximum absolute atomic E-state index is 12.0. The zero-order valence-corrected chi connectivity index (χ0v) is 13.5. The zero-order chi connectivity index (χ0) is 16.4. The Morgan fingerprint density at radius 3 is 2.78 bits per heavy atom. The van der Waals surface area contributed by atoms with E-state index in [0.29, 0.717) is 10.9 Å². The first-order valence-electron chi connectivity index (χ1n) is 8.03. The topological polar surface area (TPSA) is 75.5 Å². The number of esters is 1. The first-order chi connectivity index (χ1) is 11.1. The highest BCUT2D eigenvalue weighted by Crippen LogP contribution is 2.36. The van der Waals surface area contributed by atoms with Gasteiger partial charge in [-0.2, -0.15) is 0 Å². The van der Waals surface area contributed by atoms with Crippen LogP contribution in [0, 0.1) is 6.92 Å². The van der Waals surface area contributed by atoms with Crippen LogP contribution < -0.4 is 4.90 Å². The summed E-state index contributed by atoms with van der Waals surface area (Å²) >= 11 is 0. The van der Waals surface area contributed by atoms with Gasteiger partial charge < -0.3 is 14.7 Å². The Hall–Kier alpha value is -2.37. The third kappa shape index (κ3) is 2.93. The van der Waals surface area contributed by atoms with Crippen LogP contribution in [0.1, 0.15) is 42.4 Å². The molecule has 3 heterocycles. The average molecular weight is 315 g/mol. The van der Waals surface area contributed by atoms with Gasteiger partial charge in [0.2, 0.25) is 0 Å². The quantitative estimate of drug-likeness (QED) is 0.878. The number of hydrogen-bond donors (Lipinski definition) is 1. The number of hydrogen-bond acceptors (Lipinski definition) is 6. The number of fused-ring (bicyclic) bond motifs is 1. The summed E-state index contributed by atoms with van der Waals surface area (Å²) in [5.41, 5.74) is 2.32. The van der Waals surface area contributed by atoms with Crippen molar-refractivity contribution in [3.8, 4) is 5.75 Å². The molecule has 1 aliphatic heterocycles. The van der Waals surface area contributed by atoms with Crippen molar-refractivity contribution >= 4 is 22.6 Å². The van der Waals surface area contributed by atoms with Crippen LogP contribution in [0.3, 0.4) is 0 Å². The highest BCUT2D eigenvalue weighted by Gasteiger charge is 2.22. The van der Waals surface area contributed by atoms with E-state index in [1.165, 1.54) is 12.6 Å². The summed E-state index contributed by atoms with van der Waals surface area (Å²) in [5.74, 6) is -0.758. The molecular weight excluding hydrogens is 294 g/mol. The monoisotopic (exact) mass is 315 g/mol. The standard InChI is InChI=1S/C17H21N3O3/c1-3-23-17(22)15-16(21)14-12(10-18-15)19-11(2)9-13(14)20-7-5-4-6-8-20/h9-10,21H,3-8H2,1-2H3. The molecule has 0 aromatic carbocycles. The molecular formula is C17H21N3O3. The van der Waals surface area contributed by atoms with Crippen LogP contribution in [0.25, 0.3) is 10.9 Å². The molecule has 1 N–H and O–H groups in total. The molecule has 122 valence electrons. The van der Waals surface area contributed by atoms with Gasteiger partial charge in [-0.1, -0.05) is 0 Å². The number of anilines is 1. The summed E-state index contributed by atoms with van der Waals surface area (Å²) in [7, 11) is 0. The molecule has 23 heavy (non-hydrogen) atoms. The van der Waals surface area contributed by atoms with E-state index in [4.69, 9.17) is 4.74 Å². The Bertz CT molecular complexity index is 739. The van der Waals surface area contributed by atoms with Crippen molar-refractivity contribution in [3.05, 3.63) is 23.7 Å². The lowest BCUT2D eigenvalue weighted by Crippen LogP contribution is -2.29. The third-order valence-electron chi connectivity index (χ3n) is 4.10. The molecule has 0 amide bonds. The molecule has 6 heteroatoms. The van der Waals surface area contributed by atoms with Crippen LogP contribution >= 0.6 is 0 Å². The van der Waals surface area contributed by atoms with Gasteiger partial charge in [-0.3, -0.25) is 4.98 Å². The van der Waals surface area contributed by atoms with Gasteiger partial charge in [0.05, 0.1) is 29.4 Å². The molecule has 0 atom stereocenters. The summed E-state index contributed by atoms with van der Waals surface area (Å²) in [6.07, 6.45) is 5.00. The first kappa shape index (κ1) is 15.5. The van der Waals surface area contributed by atoms with Crippen molar-refractivity contribution in [2.24, 2.45) is 0 Å². The molecule has 3 rings (SSSR count). The minimum absolute atomic E-state index is 0.0525. The molecule has 0 radical (unpaired) electrons. The van der Waals surface area contributed by atoms with Gasteiger partial charge in [0.1, 0.15) is 0 Å². The predicted octanol–water partition coefficient (Wildman–Crippen LogP) is 2.81. The number of carbonyl (C=O) groups is 1. The van der Waals surface area contributed by atoms with Crippen LogP contribution in [0.2, 0.25) is 0 Å². The van der Waals surface area contributed by atoms with E-state index < -0.39 is 5.97 Å². The number of rotatable bonds is 3. The van der Waals surface area contributed by atoms with E-state index >= 15 is 0 Å². The molecule has 0 saturated carbocycles. The lowest BCUT2D eigenvalue weighted by molar-refractivity contribution is 0.0516. The SMILES string of the molecule is CCOC(=O)c1ncc2nc(C)cc(N3CCCCC3)c2c1O. The number of nitrogens with zero attached hydrogens (tertiary/aromatic N) is 3. The van der Waals surface area contributed by atoms with Gasteiger partial charge in [0, 0.05) is 18.8 Å². The normalized spacial score (nSPS) is 15.0. The molecule has 1 saturated heterocycles. The predicted molar refractivity (Wildman–Crippen MR) is 88.0 cm³/mol. The van der Waals surface area contributed by atoms with Gasteiger partial charge >= 0.3 is 5.97 Å². The molecule has 0 aliphatic carbocycles. The van der Waals surface area contributed by atoms with Crippen molar-refractivity contribution in [1.29, 1.82) is 0 Å². The number of piperidine rings is 1. The lowest BCUT2D eigenvalue weighted by atomic mass is 10.1. The van der Waals surface area contributed by atoms with Crippen molar-refractivity contribution < 1.29 is 14.6 Å². The summed E-state index contributed by atoms with van der Waals surface area (Å²) in [6, 6.07) is 1.96. The van der Waals surface area contributed by atoms with E-state index in [-0.39, 0.29) is 18.1 Å². The van der Waals surface area contributed by atoms with E-state index in [2.05, 4.69) is 14.9 Å². The molecule has 0 spiro atoms. The van der Waals surface area contributed by atoms with E-state index in [0.717, 1.165) is 37.3 Å². The average Bonchev–Trinajstić information content (AvgIpc) is 2.55. The van der Waals surface area contributed by atoms with Crippen LogP contribution in [-0.2, 0) is 4.74 Å². The fourth-order valence-corrected chi connectivity index (χ4v) is 3.05. The molecule has 0 unspecified atom stereocenters. The second kappa shape index (κ2) is 6.40. The summed E-state index contributed by atoms with van der Waals surface area (Å²) < 4.78 is 4.97. The largest absolute Gasteiger partial charge is 0.505 e. The number of aromatic hydroxyl groups is 1. The number of carbonyl (C=O) groups excluding carboxylic acids is 1. The van der Waals surface area contributed by atoms with E-state index in [1.807, 2.05) is 13.0 Å². The highest BCUT2D eigenvalue weighted by molar-refractivity contribution is 6.03. The van der Waals surface area contributed by atoms with Gasteiger partial charge in [0.25, 0.3) is 0 Å². The Morgan fingerprint density at radius 2 is 2.09 bits per heavy atom. The Balaban J connectivity index is 2.17. The summed E-state index contributed by atoms with van der Waals surface area (Å²) in [4.78, 5) is 22.7. The second-order valence-electron chi connectivity index (χ2n) is 5.77. The zero-order valence-electron chi connectivity index (χ0n) is 13.5. The highest BCUT2D eigenvalue weighted by atomic mass is 16.5. The molecule has 6 nitrogen and oxygen atoms in total. The second-order valence-corrected chi connectivity index (χ2v) is 5.77. The Labute approximate surface area is 135 Å². The van der Waals surface area contributed by atoms with Gasteiger partial charge in [-0.05, 0) is 39.2 Å². The van der Waals surface area contributed by atoms with Crippen LogP contribution in [0.15, 0.2) is 12.3 Å². The Kier molecular flexibility index (Phi) is 4.32. The number of aromatic nitrogens is 2. The fraction of sp³-hybridized carbons (Fsp3) is 0.471. The number of ether oxygens (including phenoxy) is 1. The number of pyridine rings is 2. The minimum atomic E-state index is -0.614. The van der Waals surface area contributed by atoms with Crippen molar-refractivity contribution in [3.63, 3.8) is 0 Å². The Morgan fingerprint density at radius 1 is 1.35 bits per heavy atom. The summed E-state index contributed by atoms with van der Waals surface area (Å²) in [6.45, 7) is 5.76. The van der Waals surface area contributed by atoms with Gasteiger partial charge in [-0.15, -0.1) is 0 Å². The molecule has 0 bridgehead atoms. The lowest BCUT2D eigenvalue weighted by Gasteiger charge is -2.30. The van der Waals surface area contributed by atoms with E-state index in [9.17, 15) is 9.90 Å². The molecule has 1 aliphatic rings. The van der Waals surface area contributed by atoms with Crippen LogP contribution in [0.4, 0.5) is 5.69 Å². The maximum atomic E-state index is 12.0. The van der Waals surface area contributed by atoms with Crippen molar-refractivity contribution in [1.82, 2.24) is 9.97 Å². The van der Waals surface area contributed by atoms with Gasteiger partial charge in [0.15, 0.2) is 11.4 Å². The summed E-state index contributed by atoms with van der Waals surface area (Å²) in [5, 5.41) is 11.2. The molecule has 2 aromatic rings. The smallest absolute Gasteiger partial charge is 0.360 e. The minimum Gasteiger partial charge on any atom is -0.505 e. The van der Waals surface area contributed by atoms with Crippen LogP contribution in [-0.4, -0.2) is 40.7 Å². The van der Waals surface area contributed by atoms with Crippen molar-refractivity contribution in [2.75, 3.05) is 24.6 Å². The molecule has 2 aromatic heterocycles. The maximum Gasteiger partial charge on any atom is 0.360 e. The van der Waals surface area contributed by atoms with Crippen LogP contribution in [0.5, 0.6) is 5.75 Å². The first-order valence-corrected chi connectivity index (χ1v) is 8.03.